The van der Waals surface area contributed by atoms with Gasteiger partial charge in [0.15, 0.2) is 0 Å². The second-order valence-corrected chi connectivity index (χ2v) is 5.54. The lowest BCUT2D eigenvalue weighted by Crippen LogP contribution is -2.50. The molecule has 0 radical (unpaired) electrons. The van der Waals surface area contributed by atoms with Gasteiger partial charge in [-0.3, -0.25) is 0 Å². The van der Waals surface area contributed by atoms with E-state index in [2.05, 4.69) is 5.32 Å². The molecule has 102 valence electrons. The number of likely N-dealkylation sites (N-methyl/N-ethyl adjacent to an activating group) is 1. The van der Waals surface area contributed by atoms with Gasteiger partial charge in [-0.15, -0.1) is 0 Å². The van der Waals surface area contributed by atoms with Crippen LogP contribution in [0.5, 0.6) is 0 Å². The van der Waals surface area contributed by atoms with Crippen LogP contribution in [0.15, 0.2) is 30.3 Å². The molecule has 1 unspecified atom stereocenters. The first-order valence-corrected chi connectivity index (χ1v) is 6.49. The molecule has 0 aromatic heterocycles. The highest BCUT2D eigenvalue weighted by atomic mass is 16.5. The van der Waals surface area contributed by atoms with Crippen molar-refractivity contribution in [3.05, 3.63) is 35.9 Å². The van der Waals surface area contributed by atoms with Gasteiger partial charge < -0.3 is 15.2 Å². The zero-order chi connectivity index (χ0) is 13.6. The highest BCUT2D eigenvalue weighted by molar-refractivity contribution is 5.25. The number of rotatable bonds is 6. The monoisotopic (exact) mass is 251 g/mol. The topological polar surface area (TPSA) is 41.5 Å². The summed E-state index contributed by atoms with van der Waals surface area (Å²) in [5.41, 5.74) is 0.312. The Kier molecular flexibility index (Phi) is 5.32. The van der Waals surface area contributed by atoms with Crippen molar-refractivity contribution in [3.63, 3.8) is 0 Å². The van der Waals surface area contributed by atoms with E-state index in [4.69, 9.17) is 4.74 Å². The fourth-order valence-electron chi connectivity index (χ4n) is 1.86. The van der Waals surface area contributed by atoms with Gasteiger partial charge in [0.1, 0.15) is 0 Å². The van der Waals surface area contributed by atoms with E-state index in [1.54, 1.807) is 0 Å². The average Bonchev–Trinajstić information content (AvgIpc) is 2.35. The van der Waals surface area contributed by atoms with Crippen molar-refractivity contribution < 1.29 is 9.84 Å². The maximum Gasteiger partial charge on any atom is 0.0906 e. The Bertz CT molecular complexity index is 345. The largest absolute Gasteiger partial charge is 0.394 e. The van der Waals surface area contributed by atoms with Gasteiger partial charge in [-0.05, 0) is 32.9 Å². The maximum atomic E-state index is 9.82. The molecule has 3 heteroatoms. The minimum Gasteiger partial charge on any atom is -0.394 e. The zero-order valence-corrected chi connectivity index (χ0v) is 11.9. The summed E-state index contributed by atoms with van der Waals surface area (Å²) in [6.07, 6.45) is 0. The van der Waals surface area contributed by atoms with Crippen LogP contribution in [0.1, 0.15) is 33.3 Å². The molecule has 1 rings (SSSR count). The van der Waals surface area contributed by atoms with E-state index in [9.17, 15) is 5.11 Å². The molecule has 0 aliphatic heterocycles. The van der Waals surface area contributed by atoms with Gasteiger partial charge in [-0.1, -0.05) is 37.3 Å². The number of aliphatic hydroxyl groups excluding tert-OH is 1. The van der Waals surface area contributed by atoms with Crippen LogP contribution < -0.4 is 5.32 Å². The molecular formula is C15H25NO2. The van der Waals surface area contributed by atoms with Gasteiger partial charge >= 0.3 is 0 Å². The number of benzene rings is 1. The first-order valence-electron chi connectivity index (χ1n) is 6.49. The Labute approximate surface area is 110 Å². The lowest BCUT2D eigenvalue weighted by molar-refractivity contribution is -0.0508. The van der Waals surface area contributed by atoms with Crippen LogP contribution in [-0.2, 0) is 10.3 Å². The molecule has 1 aromatic rings. The summed E-state index contributed by atoms with van der Waals surface area (Å²) in [5, 5.41) is 13.2. The van der Waals surface area contributed by atoms with E-state index in [0.29, 0.717) is 6.61 Å². The third-order valence-electron chi connectivity index (χ3n) is 2.86. The van der Waals surface area contributed by atoms with Gasteiger partial charge in [0.25, 0.3) is 0 Å². The van der Waals surface area contributed by atoms with Crippen molar-refractivity contribution in [2.45, 2.75) is 38.8 Å². The van der Waals surface area contributed by atoms with E-state index in [1.807, 2.05) is 58.0 Å². The lowest BCUT2D eigenvalue weighted by atomic mass is 9.91. The van der Waals surface area contributed by atoms with E-state index >= 15 is 0 Å². The number of aliphatic hydroxyl groups is 1. The summed E-state index contributed by atoms with van der Waals surface area (Å²) in [4.78, 5) is 0. The maximum absolute atomic E-state index is 9.82. The first-order chi connectivity index (χ1) is 8.43. The van der Waals surface area contributed by atoms with Crippen LogP contribution in [0.3, 0.4) is 0 Å². The highest BCUT2D eigenvalue weighted by Gasteiger charge is 2.32. The van der Waals surface area contributed by atoms with Crippen molar-refractivity contribution in [2.75, 3.05) is 19.8 Å². The normalized spacial score (nSPS) is 15.4. The zero-order valence-electron chi connectivity index (χ0n) is 11.9. The van der Waals surface area contributed by atoms with Gasteiger partial charge in [0.2, 0.25) is 0 Å². The standard InChI is InChI=1S/C15H25NO2/c1-5-16-15(11-17,12-18-14(2,3)4)13-9-7-6-8-10-13/h6-10,16-17H,5,11-12H2,1-4H3. The minimum absolute atomic E-state index is 0.0148. The molecule has 1 aromatic carbocycles. The van der Waals surface area contributed by atoms with Crippen LogP contribution >= 0.6 is 0 Å². The minimum atomic E-state index is -0.525. The molecule has 0 aliphatic carbocycles. The summed E-state index contributed by atoms with van der Waals surface area (Å²) >= 11 is 0. The molecule has 0 bridgehead atoms. The summed E-state index contributed by atoms with van der Waals surface area (Å²) < 4.78 is 5.87. The number of hydrogen-bond acceptors (Lipinski definition) is 3. The van der Waals surface area contributed by atoms with Gasteiger partial charge in [-0.25, -0.2) is 0 Å². The van der Waals surface area contributed by atoms with Crippen molar-refractivity contribution in [2.24, 2.45) is 0 Å². The molecule has 18 heavy (non-hydrogen) atoms. The smallest absolute Gasteiger partial charge is 0.0906 e. The van der Waals surface area contributed by atoms with E-state index in [-0.39, 0.29) is 12.2 Å². The average molecular weight is 251 g/mol. The van der Waals surface area contributed by atoms with Crippen molar-refractivity contribution in [3.8, 4) is 0 Å². The van der Waals surface area contributed by atoms with Gasteiger partial charge in [-0.2, -0.15) is 0 Å². The van der Waals surface area contributed by atoms with Crippen LogP contribution in [0.25, 0.3) is 0 Å². The summed E-state index contributed by atoms with van der Waals surface area (Å²) in [6, 6.07) is 9.97. The third kappa shape index (κ3) is 4.09. The van der Waals surface area contributed by atoms with Gasteiger partial charge in [0.05, 0.1) is 24.4 Å². The second-order valence-electron chi connectivity index (χ2n) is 5.54. The SMILES string of the molecule is CCNC(CO)(COC(C)(C)C)c1ccccc1. The van der Waals surface area contributed by atoms with Crippen molar-refractivity contribution in [1.82, 2.24) is 5.32 Å². The molecule has 0 aliphatic rings. The Balaban J connectivity index is 2.94. The fraction of sp³-hybridized carbons (Fsp3) is 0.600. The molecule has 0 amide bonds. The molecule has 1 atom stereocenters. The quantitative estimate of drug-likeness (QED) is 0.815. The molecule has 0 fully saturated rings. The Morgan fingerprint density at radius 2 is 1.78 bits per heavy atom. The highest BCUT2D eigenvalue weighted by Crippen LogP contribution is 2.23. The molecule has 0 saturated carbocycles. The van der Waals surface area contributed by atoms with Crippen LogP contribution in [-0.4, -0.2) is 30.5 Å². The summed E-state index contributed by atoms with van der Waals surface area (Å²) in [5.74, 6) is 0. The number of ether oxygens (including phenoxy) is 1. The van der Waals surface area contributed by atoms with Crippen LogP contribution in [0.4, 0.5) is 0 Å². The summed E-state index contributed by atoms with van der Waals surface area (Å²) in [7, 11) is 0. The summed E-state index contributed by atoms with van der Waals surface area (Å²) in [6.45, 7) is 9.34. The van der Waals surface area contributed by atoms with E-state index in [1.165, 1.54) is 0 Å². The van der Waals surface area contributed by atoms with Crippen molar-refractivity contribution in [1.29, 1.82) is 0 Å². The molecule has 2 N–H and O–H groups in total. The number of nitrogens with one attached hydrogen (secondary N) is 1. The van der Waals surface area contributed by atoms with Crippen LogP contribution in [0, 0.1) is 0 Å². The Morgan fingerprint density at radius 3 is 2.22 bits per heavy atom. The van der Waals surface area contributed by atoms with Crippen molar-refractivity contribution >= 4 is 0 Å². The molecular weight excluding hydrogens is 226 g/mol. The molecule has 3 nitrogen and oxygen atoms in total. The van der Waals surface area contributed by atoms with Crippen LogP contribution in [0.2, 0.25) is 0 Å². The molecule has 0 spiro atoms. The van der Waals surface area contributed by atoms with E-state index < -0.39 is 5.54 Å². The molecule has 0 saturated heterocycles. The number of hydrogen-bond donors (Lipinski definition) is 2. The second kappa shape index (κ2) is 6.32. The lowest BCUT2D eigenvalue weighted by Gasteiger charge is -2.36. The fourth-order valence-corrected chi connectivity index (χ4v) is 1.86. The molecule has 0 heterocycles. The predicted octanol–water partition coefficient (Wildman–Crippen LogP) is 2.30. The first kappa shape index (κ1) is 15.2. The predicted molar refractivity (Wildman–Crippen MR) is 74.6 cm³/mol. The van der Waals surface area contributed by atoms with Gasteiger partial charge in [0, 0.05) is 0 Å². The third-order valence-corrected chi connectivity index (χ3v) is 2.86. The Morgan fingerprint density at radius 1 is 1.17 bits per heavy atom. The van der Waals surface area contributed by atoms with E-state index in [0.717, 1.165) is 12.1 Å². The Hall–Kier alpha value is -0.900.